The topological polar surface area (TPSA) is 0 Å². The number of hydrogen-bond donors (Lipinski definition) is 0. The van der Waals surface area contributed by atoms with Gasteiger partial charge in [0.1, 0.15) is 0 Å². The van der Waals surface area contributed by atoms with Gasteiger partial charge in [0.2, 0.25) is 0 Å². The van der Waals surface area contributed by atoms with Crippen LogP contribution in [0.2, 0.25) is 0 Å². The van der Waals surface area contributed by atoms with Crippen molar-refractivity contribution < 1.29 is 0 Å². The van der Waals surface area contributed by atoms with Crippen LogP contribution in [0.15, 0.2) is 0 Å². The van der Waals surface area contributed by atoms with E-state index >= 15 is 0 Å². The molecular weight excluding hydrogens is 204 g/mol. The predicted octanol–water partition coefficient (Wildman–Crippen LogP) is 6.94. The van der Waals surface area contributed by atoms with Crippen LogP contribution in [0, 0.1) is 17.8 Å². The van der Waals surface area contributed by atoms with Crippen LogP contribution in [0.1, 0.15) is 94.4 Å². The first-order valence-electron chi connectivity index (χ1n) is 8.06. The van der Waals surface area contributed by atoms with E-state index in [1.165, 1.54) is 32.1 Å². The van der Waals surface area contributed by atoms with Crippen LogP contribution in [0.3, 0.4) is 0 Å². The molecule has 1 atom stereocenters. The second kappa shape index (κ2) is 18.4. The Labute approximate surface area is 113 Å². The largest absolute Gasteiger partial charge is 0.0683 e. The van der Waals surface area contributed by atoms with Gasteiger partial charge in [0, 0.05) is 0 Å². The summed E-state index contributed by atoms with van der Waals surface area (Å²) in [6, 6.07) is 0. The van der Waals surface area contributed by atoms with Crippen LogP contribution in [0.5, 0.6) is 0 Å². The molecule has 1 rings (SSSR count). The van der Waals surface area contributed by atoms with Crippen molar-refractivity contribution in [2.45, 2.75) is 94.4 Å². The molecular formula is C17H40. The van der Waals surface area contributed by atoms with Crippen molar-refractivity contribution in [1.29, 1.82) is 0 Å². The lowest BCUT2D eigenvalue weighted by molar-refractivity contribution is 0.346. The van der Waals surface area contributed by atoms with Crippen molar-refractivity contribution >= 4 is 0 Å². The first kappa shape index (κ1) is 22.2. The Bertz CT molecular complexity index is 101. The zero-order valence-corrected chi connectivity index (χ0v) is 14.3. The molecule has 0 aromatic heterocycles. The van der Waals surface area contributed by atoms with E-state index in [9.17, 15) is 0 Å². The van der Waals surface area contributed by atoms with Crippen LogP contribution >= 0.6 is 0 Å². The molecule has 0 spiro atoms. The SMILES string of the molecule is CC.CC.CC1CCC1.CCC(C)CC(C)C. The third-order valence-electron chi connectivity index (χ3n) is 2.96. The lowest BCUT2D eigenvalue weighted by Crippen LogP contribution is -2.04. The molecule has 1 aliphatic rings. The van der Waals surface area contributed by atoms with Gasteiger partial charge in [0.15, 0.2) is 0 Å². The quantitative estimate of drug-likeness (QED) is 0.504. The number of rotatable bonds is 3. The predicted molar refractivity (Wildman–Crippen MR) is 84.6 cm³/mol. The highest BCUT2D eigenvalue weighted by Crippen LogP contribution is 2.24. The molecule has 0 heteroatoms. The lowest BCUT2D eigenvalue weighted by Gasteiger charge is -2.18. The van der Waals surface area contributed by atoms with E-state index in [2.05, 4.69) is 34.6 Å². The summed E-state index contributed by atoms with van der Waals surface area (Å²) in [5, 5.41) is 0. The molecule has 0 aromatic rings. The maximum absolute atomic E-state index is 2.32. The Balaban J connectivity index is -0.000000186. The van der Waals surface area contributed by atoms with Gasteiger partial charge in [0.25, 0.3) is 0 Å². The summed E-state index contributed by atoms with van der Waals surface area (Å²) in [4.78, 5) is 0. The zero-order chi connectivity index (χ0) is 14.3. The van der Waals surface area contributed by atoms with Gasteiger partial charge in [-0.3, -0.25) is 0 Å². The minimum Gasteiger partial charge on any atom is -0.0683 e. The van der Waals surface area contributed by atoms with Crippen molar-refractivity contribution in [2.24, 2.45) is 17.8 Å². The first-order chi connectivity index (χ1) is 8.06. The van der Waals surface area contributed by atoms with E-state index in [1.54, 1.807) is 0 Å². The summed E-state index contributed by atoms with van der Waals surface area (Å²) in [5.74, 6) is 2.87. The lowest BCUT2D eigenvalue weighted by atomic mass is 9.88. The highest BCUT2D eigenvalue weighted by molar-refractivity contribution is 4.62. The normalized spacial score (nSPS) is 15.2. The number of hydrogen-bond acceptors (Lipinski definition) is 0. The summed E-state index contributed by atoms with van der Waals surface area (Å²) < 4.78 is 0. The Morgan fingerprint density at radius 3 is 1.35 bits per heavy atom. The highest BCUT2D eigenvalue weighted by Gasteiger charge is 2.09. The van der Waals surface area contributed by atoms with Crippen LogP contribution in [0.25, 0.3) is 0 Å². The fraction of sp³-hybridized carbons (Fsp3) is 1.00. The molecule has 1 saturated carbocycles. The molecule has 0 saturated heterocycles. The fourth-order valence-corrected chi connectivity index (χ4v) is 1.58. The standard InChI is InChI=1S/C8H18.C5H10.2C2H6/c1-5-8(4)6-7(2)3;1-5-3-2-4-5;2*1-2/h7-8H,5-6H2,1-4H3;5H,2-4H2,1H3;2*1-2H3. The van der Waals surface area contributed by atoms with Gasteiger partial charge in [-0.1, -0.05) is 88.0 Å². The van der Waals surface area contributed by atoms with E-state index in [4.69, 9.17) is 0 Å². The van der Waals surface area contributed by atoms with Gasteiger partial charge in [-0.15, -0.1) is 0 Å². The van der Waals surface area contributed by atoms with Gasteiger partial charge in [-0.25, -0.2) is 0 Å². The second-order valence-corrected chi connectivity index (χ2v) is 5.18. The molecule has 0 amide bonds. The first-order valence-corrected chi connectivity index (χ1v) is 8.06. The molecule has 0 N–H and O–H groups in total. The molecule has 1 unspecified atom stereocenters. The Morgan fingerprint density at radius 1 is 0.941 bits per heavy atom. The fourth-order valence-electron chi connectivity index (χ4n) is 1.58. The second-order valence-electron chi connectivity index (χ2n) is 5.18. The monoisotopic (exact) mass is 244 g/mol. The summed E-state index contributed by atoms with van der Waals surface area (Å²) in [5.41, 5.74) is 0. The van der Waals surface area contributed by atoms with Crippen molar-refractivity contribution in [3.8, 4) is 0 Å². The molecule has 0 radical (unpaired) electrons. The van der Waals surface area contributed by atoms with Gasteiger partial charge in [-0.2, -0.15) is 0 Å². The zero-order valence-electron chi connectivity index (χ0n) is 14.3. The average Bonchev–Trinajstić information content (AvgIpc) is 2.31. The Kier molecular flexibility index (Phi) is 24.0. The van der Waals surface area contributed by atoms with Gasteiger partial charge < -0.3 is 0 Å². The highest BCUT2D eigenvalue weighted by atomic mass is 14.1. The summed E-state index contributed by atoms with van der Waals surface area (Å²) >= 11 is 0. The molecule has 1 aliphatic carbocycles. The van der Waals surface area contributed by atoms with E-state index in [0.717, 1.165) is 17.8 Å². The molecule has 0 nitrogen and oxygen atoms in total. The molecule has 0 heterocycles. The van der Waals surface area contributed by atoms with Crippen LogP contribution < -0.4 is 0 Å². The summed E-state index contributed by atoms with van der Waals surface area (Å²) in [6.45, 7) is 19.5. The van der Waals surface area contributed by atoms with E-state index in [0.29, 0.717) is 0 Å². The van der Waals surface area contributed by atoms with Crippen LogP contribution in [-0.2, 0) is 0 Å². The van der Waals surface area contributed by atoms with Crippen molar-refractivity contribution in [3.63, 3.8) is 0 Å². The van der Waals surface area contributed by atoms with Crippen molar-refractivity contribution in [2.75, 3.05) is 0 Å². The Morgan fingerprint density at radius 2 is 1.29 bits per heavy atom. The van der Waals surface area contributed by atoms with Crippen molar-refractivity contribution in [1.82, 2.24) is 0 Å². The molecule has 1 fully saturated rings. The molecule has 108 valence electrons. The Hall–Kier alpha value is 0. The van der Waals surface area contributed by atoms with Crippen LogP contribution in [-0.4, -0.2) is 0 Å². The van der Waals surface area contributed by atoms with E-state index in [1.807, 2.05) is 27.7 Å². The van der Waals surface area contributed by atoms with E-state index < -0.39 is 0 Å². The maximum atomic E-state index is 2.32. The minimum atomic E-state index is 0.880. The third-order valence-corrected chi connectivity index (χ3v) is 2.96. The van der Waals surface area contributed by atoms with Gasteiger partial charge in [0.05, 0.1) is 0 Å². The third kappa shape index (κ3) is 21.8. The maximum Gasteiger partial charge on any atom is -0.0443 e. The van der Waals surface area contributed by atoms with E-state index in [-0.39, 0.29) is 0 Å². The molecule has 0 bridgehead atoms. The van der Waals surface area contributed by atoms with Gasteiger partial charge in [-0.05, 0) is 24.2 Å². The minimum absolute atomic E-state index is 0.880. The van der Waals surface area contributed by atoms with Crippen LogP contribution in [0.4, 0.5) is 0 Å². The smallest absolute Gasteiger partial charge is 0.0443 e. The summed E-state index contributed by atoms with van der Waals surface area (Å²) in [7, 11) is 0. The summed E-state index contributed by atoms with van der Waals surface area (Å²) in [6.07, 6.45) is 7.18. The average molecular weight is 245 g/mol. The molecule has 0 aromatic carbocycles. The van der Waals surface area contributed by atoms with Crippen molar-refractivity contribution in [3.05, 3.63) is 0 Å². The van der Waals surface area contributed by atoms with Gasteiger partial charge >= 0.3 is 0 Å². The molecule has 17 heavy (non-hydrogen) atoms. The molecule has 0 aliphatic heterocycles.